The number of phenolic OH excluding ortho intramolecular Hbond substituents is 1. The Bertz CT molecular complexity index is 903. The van der Waals surface area contributed by atoms with E-state index < -0.39 is 0 Å². The Labute approximate surface area is 139 Å². The number of methoxy groups -OCH3 is 1. The van der Waals surface area contributed by atoms with Crippen molar-refractivity contribution in [2.75, 3.05) is 7.11 Å². The number of benzene rings is 2. The van der Waals surface area contributed by atoms with E-state index in [2.05, 4.69) is 24.0 Å². The van der Waals surface area contributed by atoms with Crippen molar-refractivity contribution >= 4 is 34.7 Å². The molecule has 0 aliphatic carbocycles. The predicted octanol–water partition coefficient (Wildman–Crippen LogP) is 5.08. The van der Waals surface area contributed by atoms with Gasteiger partial charge in [0.1, 0.15) is 0 Å². The van der Waals surface area contributed by atoms with E-state index in [4.69, 9.17) is 16.3 Å². The number of rotatable bonds is 3. The van der Waals surface area contributed by atoms with Gasteiger partial charge in [-0.25, -0.2) is 4.98 Å². The largest absolute Gasteiger partial charge is 0.503 e. The number of hydrogen-bond donors (Lipinski definition) is 1. The highest BCUT2D eigenvalue weighted by atomic mass is 35.5. The van der Waals surface area contributed by atoms with E-state index in [9.17, 15) is 5.11 Å². The maximum atomic E-state index is 9.75. The van der Waals surface area contributed by atoms with Gasteiger partial charge in [-0.3, -0.25) is 0 Å². The zero-order chi connectivity index (χ0) is 16.4. The molecule has 0 atom stereocenters. The van der Waals surface area contributed by atoms with Gasteiger partial charge in [0.25, 0.3) is 0 Å². The van der Waals surface area contributed by atoms with Gasteiger partial charge >= 0.3 is 0 Å². The quantitative estimate of drug-likeness (QED) is 0.730. The lowest BCUT2D eigenvalue weighted by molar-refractivity contribution is 0.373. The molecule has 0 fully saturated rings. The summed E-state index contributed by atoms with van der Waals surface area (Å²) in [4.78, 5) is 4.61. The van der Waals surface area contributed by atoms with Crippen molar-refractivity contribution in [1.82, 2.24) is 4.98 Å². The number of halogens is 1. The lowest BCUT2D eigenvalue weighted by Gasteiger charge is -2.06. The first-order valence-electron chi connectivity index (χ1n) is 7.19. The molecule has 0 saturated heterocycles. The first kappa shape index (κ1) is 15.4. The van der Waals surface area contributed by atoms with Gasteiger partial charge in [0.05, 0.1) is 23.3 Å². The summed E-state index contributed by atoms with van der Waals surface area (Å²) in [6.45, 7) is 2.06. The van der Waals surface area contributed by atoms with Crippen molar-refractivity contribution in [3.05, 3.63) is 64.3 Å². The lowest BCUT2D eigenvalue weighted by Crippen LogP contribution is -1.86. The summed E-state index contributed by atoms with van der Waals surface area (Å²) in [6, 6.07) is 13.6. The van der Waals surface area contributed by atoms with Crippen LogP contribution in [0, 0.1) is 6.92 Å². The normalized spacial score (nSPS) is 11.3. The van der Waals surface area contributed by atoms with Crippen molar-refractivity contribution in [2.45, 2.75) is 6.92 Å². The molecule has 4 heteroatoms. The molecule has 3 aromatic rings. The number of aromatic nitrogens is 1. The minimum Gasteiger partial charge on any atom is -0.503 e. The standard InChI is InChI=1S/C19H16ClNO2/c1-12-3-8-17-14(9-12)5-7-15(21-17)6-4-13-10-16(20)19(22)18(11-13)23-2/h3-11,22H,1-2H3/b6-4+. The van der Waals surface area contributed by atoms with E-state index in [0.29, 0.717) is 5.75 Å². The molecule has 3 rings (SSSR count). The zero-order valence-corrected chi connectivity index (χ0v) is 13.6. The Morgan fingerprint density at radius 2 is 1.91 bits per heavy atom. The van der Waals surface area contributed by atoms with Gasteiger partial charge in [-0.15, -0.1) is 0 Å². The third-order valence-corrected chi connectivity index (χ3v) is 3.87. The average molecular weight is 326 g/mol. The highest BCUT2D eigenvalue weighted by molar-refractivity contribution is 6.32. The van der Waals surface area contributed by atoms with Crippen molar-refractivity contribution < 1.29 is 9.84 Å². The number of phenols is 1. The summed E-state index contributed by atoms with van der Waals surface area (Å²) in [5, 5.41) is 11.1. The van der Waals surface area contributed by atoms with Crippen LogP contribution in [0.1, 0.15) is 16.8 Å². The third-order valence-electron chi connectivity index (χ3n) is 3.58. The number of pyridine rings is 1. The third kappa shape index (κ3) is 3.30. The van der Waals surface area contributed by atoms with E-state index >= 15 is 0 Å². The molecule has 0 radical (unpaired) electrons. The Morgan fingerprint density at radius 3 is 2.70 bits per heavy atom. The SMILES string of the molecule is COc1cc(/C=C/c2ccc3cc(C)ccc3n2)cc(Cl)c1O. The summed E-state index contributed by atoms with van der Waals surface area (Å²) < 4.78 is 5.10. The van der Waals surface area contributed by atoms with Gasteiger partial charge in [0, 0.05) is 5.39 Å². The number of nitrogens with zero attached hydrogens (tertiary/aromatic N) is 1. The maximum absolute atomic E-state index is 9.75. The molecule has 0 saturated carbocycles. The Morgan fingerprint density at radius 1 is 1.09 bits per heavy atom. The number of ether oxygens (including phenoxy) is 1. The second-order valence-corrected chi connectivity index (χ2v) is 5.73. The fraction of sp³-hybridized carbons (Fsp3) is 0.105. The molecule has 0 spiro atoms. The predicted molar refractivity (Wildman–Crippen MR) is 95.1 cm³/mol. The molecule has 1 heterocycles. The second kappa shape index (κ2) is 6.31. The van der Waals surface area contributed by atoms with Gasteiger partial charge in [-0.05, 0) is 48.9 Å². The zero-order valence-electron chi connectivity index (χ0n) is 12.9. The molecule has 1 aromatic heterocycles. The summed E-state index contributed by atoms with van der Waals surface area (Å²) in [5.74, 6) is 0.296. The number of aromatic hydroxyl groups is 1. The molecule has 3 nitrogen and oxygen atoms in total. The second-order valence-electron chi connectivity index (χ2n) is 5.32. The highest BCUT2D eigenvalue weighted by Gasteiger charge is 2.07. The molecule has 0 unspecified atom stereocenters. The first-order chi connectivity index (χ1) is 11.1. The van der Waals surface area contributed by atoms with E-state index in [1.54, 1.807) is 12.1 Å². The Hall–Kier alpha value is -2.52. The fourth-order valence-corrected chi connectivity index (χ4v) is 2.60. The Balaban J connectivity index is 1.93. The van der Waals surface area contributed by atoms with Crippen LogP contribution in [0.2, 0.25) is 5.02 Å². The van der Waals surface area contributed by atoms with E-state index in [1.807, 2.05) is 30.4 Å². The van der Waals surface area contributed by atoms with Crippen LogP contribution in [0.25, 0.3) is 23.1 Å². The topological polar surface area (TPSA) is 42.4 Å². The van der Waals surface area contributed by atoms with E-state index in [1.165, 1.54) is 12.7 Å². The molecule has 0 bridgehead atoms. The molecular formula is C19H16ClNO2. The summed E-state index contributed by atoms with van der Waals surface area (Å²) in [7, 11) is 1.49. The minimum absolute atomic E-state index is 0.0504. The van der Waals surface area contributed by atoms with Crippen molar-refractivity contribution in [3.8, 4) is 11.5 Å². The molecule has 0 aliphatic heterocycles. The summed E-state index contributed by atoms with van der Waals surface area (Å²) in [5.41, 5.74) is 3.85. The fourth-order valence-electron chi connectivity index (χ4n) is 2.38. The molecule has 2 aromatic carbocycles. The summed E-state index contributed by atoms with van der Waals surface area (Å²) in [6.07, 6.45) is 3.79. The molecule has 1 N–H and O–H groups in total. The summed E-state index contributed by atoms with van der Waals surface area (Å²) >= 11 is 5.99. The van der Waals surface area contributed by atoms with Crippen LogP contribution in [0.15, 0.2) is 42.5 Å². The van der Waals surface area contributed by atoms with Crippen molar-refractivity contribution in [1.29, 1.82) is 0 Å². The van der Waals surface area contributed by atoms with Crippen molar-refractivity contribution in [2.24, 2.45) is 0 Å². The minimum atomic E-state index is -0.0504. The molecule has 0 amide bonds. The maximum Gasteiger partial charge on any atom is 0.176 e. The average Bonchev–Trinajstić information content (AvgIpc) is 2.55. The smallest absolute Gasteiger partial charge is 0.176 e. The lowest BCUT2D eigenvalue weighted by atomic mass is 10.1. The van der Waals surface area contributed by atoms with Crippen LogP contribution in [-0.4, -0.2) is 17.2 Å². The van der Waals surface area contributed by atoms with Crippen LogP contribution in [0.4, 0.5) is 0 Å². The molecular weight excluding hydrogens is 310 g/mol. The first-order valence-corrected chi connectivity index (χ1v) is 7.56. The van der Waals surface area contributed by atoms with Crippen LogP contribution in [-0.2, 0) is 0 Å². The number of fused-ring (bicyclic) bond motifs is 1. The molecule has 116 valence electrons. The van der Waals surface area contributed by atoms with Gasteiger partial charge in [0.2, 0.25) is 0 Å². The molecule has 0 aliphatic rings. The van der Waals surface area contributed by atoms with E-state index in [-0.39, 0.29) is 10.8 Å². The van der Waals surface area contributed by atoms with Gasteiger partial charge in [-0.2, -0.15) is 0 Å². The van der Waals surface area contributed by atoms with Crippen LogP contribution in [0.5, 0.6) is 11.5 Å². The number of aryl methyl sites for hydroxylation is 1. The van der Waals surface area contributed by atoms with Crippen LogP contribution < -0.4 is 4.74 Å². The van der Waals surface area contributed by atoms with Crippen molar-refractivity contribution in [3.63, 3.8) is 0 Å². The Kier molecular flexibility index (Phi) is 4.22. The molecule has 23 heavy (non-hydrogen) atoms. The van der Waals surface area contributed by atoms with E-state index in [0.717, 1.165) is 22.2 Å². The number of hydrogen-bond acceptors (Lipinski definition) is 3. The monoisotopic (exact) mass is 325 g/mol. The van der Waals surface area contributed by atoms with Crippen LogP contribution >= 0.6 is 11.6 Å². The van der Waals surface area contributed by atoms with Gasteiger partial charge < -0.3 is 9.84 Å². The van der Waals surface area contributed by atoms with Gasteiger partial charge in [-0.1, -0.05) is 35.4 Å². The van der Waals surface area contributed by atoms with Crippen LogP contribution in [0.3, 0.4) is 0 Å². The highest BCUT2D eigenvalue weighted by Crippen LogP contribution is 2.35. The van der Waals surface area contributed by atoms with Gasteiger partial charge in [0.15, 0.2) is 11.5 Å².